The van der Waals surface area contributed by atoms with Crippen LogP contribution in [0.4, 0.5) is 0 Å². The fourth-order valence-corrected chi connectivity index (χ4v) is 3.02. The number of carbonyl (C=O) groups excluding carboxylic acids is 2. The van der Waals surface area contributed by atoms with E-state index in [1.165, 1.54) is 19.3 Å². The Labute approximate surface area is 168 Å². The van der Waals surface area contributed by atoms with Gasteiger partial charge in [0.15, 0.2) is 0 Å². The van der Waals surface area contributed by atoms with Crippen molar-refractivity contribution in [1.29, 1.82) is 0 Å². The second-order valence-electron chi connectivity index (χ2n) is 8.11. The monoisotopic (exact) mass is 387 g/mol. The van der Waals surface area contributed by atoms with E-state index in [2.05, 4.69) is 19.2 Å². The van der Waals surface area contributed by atoms with E-state index < -0.39 is 0 Å². The summed E-state index contributed by atoms with van der Waals surface area (Å²) in [5, 5.41) is 2.60. The summed E-state index contributed by atoms with van der Waals surface area (Å²) in [5.41, 5.74) is 0. The van der Waals surface area contributed by atoms with Gasteiger partial charge in [-0.3, -0.25) is 9.59 Å². The summed E-state index contributed by atoms with van der Waals surface area (Å²) in [6.45, 7) is 12.2. The summed E-state index contributed by atoms with van der Waals surface area (Å²) >= 11 is 0. The van der Waals surface area contributed by atoms with Gasteiger partial charge in [0.1, 0.15) is 5.78 Å². The first-order valence-corrected chi connectivity index (χ1v) is 10.8. The van der Waals surface area contributed by atoms with Gasteiger partial charge in [-0.05, 0) is 38.0 Å². The number of hydrogen-bond donors (Lipinski definition) is 1. The second kappa shape index (κ2) is 18.4. The van der Waals surface area contributed by atoms with Crippen molar-refractivity contribution >= 4 is 12.2 Å². The molecular formula is C22H45NO4. The maximum Gasteiger partial charge on any atom is 0.207 e. The average molecular weight is 388 g/mol. The summed E-state index contributed by atoms with van der Waals surface area (Å²) < 4.78 is 10.8. The van der Waals surface area contributed by atoms with Crippen LogP contribution in [-0.2, 0) is 19.1 Å². The number of amides is 1. The van der Waals surface area contributed by atoms with Crippen LogP contribution in [0.2, 0.25) is 0 Å². The summed E-state index contributed by atoms with van der Waals surface area (Å²) in [6, 6.07) is 0. The molecule has 1 fully saturated rings. The zero-order valence-corrected chi connectivity index (χ0v) is 18.1. The number of ether oxygens (including phenoxy) is 2. The van der Waals surface area contributed by atoms with E-state index >= 15 is 0 Å². The van der Waals surface area contributed by atoms with Gasteiger partial charge in [-0.15, -0.1) is 0 Å². The third-order valence-corrected chi connectivity index (χ3v) is 4.55. The van der Waals surface area contributed by atoms with Crippen molar-refractivity contribution in [2.75, 3.05) is 33.0 Å². The highest BCUT2D eigenvalue weighted by Gasteiger charge is 2.22. The number of ketones is 1. The molecule has 1 aliphatic carbocycles. The minimum absolute atomic E-state index is 0. The molecule has 0 unspecified atom stereocenters. The molecule has 1 saturated carbocycles. The minimum Gasteiger partial charge on any atom is -0.381 e. The van der Waals surface area contributed by atoms with Gasteiger partial charge in [0.25, 0.3) is 0 Å². The van der Waals surface area contributed by atoms with Gasteiger partial charge in [0.2, 0.25) is 6.41 Å². The highest BCUT2D eigenvalue weighted by Crippen LogP contribution is 2.26. The van der Waals surface area contributed by atoms with E-state index in [9.17, 15) is 9.59 Å². The molecule has 0 atom stereocenters. The molecule has 1 N–H and O–H groups in total. The molecule has 1 amide bonds. The first-order chi connectivity index (χ1) is 13.0. The molecule has 0 radical (unpaired) electrons. The third-order valence-electron chi connectivity index (χ3n) is 4.55. The number of unbranched alkanes of at least 4 members (excludes halogenated alkanes) is 1. The summed E-state index contributed by atoms with van der Waals surface area (Å²) in [5.74, 6) is 1.76. The topological polar surface area (TPSA) is 64.6 Å². The SMILES string of the molecule is CC(C)C(=O)C1CCCCC1.CC(C)COCCCCOCCCNC=O.[HH]. The zero-order valence-electron chi connectivity index (χ0n) is 18.1. The van der Waals surface area contributed by atoms with Crippen LogP contribution in [0.3, 0.4) is 0 Å². The molecule has 27 heavy (non-hydrogen) atoms. The van der Waals surface area contributed by atoms with Gasteiger partial charge in [0, 0.05) is 46.2 Å². The fraction of sp³-hybridized carbons (Fsp3) is 0.909. The predicted octanol–water partition coefficient (Wildman–Crippen LogP) is 4.63. The standard InChI is InChI=1S/C12H25NO3.C10H18O.H2/c1-12(2)10-16-8-4-3-7-15-9-5-6-13-11-14;1-8(2)10(11)9-6-4-3-5-7-9;/h11-12H,3-10H2,1-2H3,(H,13,14);8-9H,3-7H2,1-2H3;1H. The summed E-state index contributed by atoms with van der Waals surface area (Å²) in [4.78, 5) is 21.4. The van der Waals surface area contributed by atoms with Crippen molar-refractivity contribution in [3.63, 3.8) is 0 Å². The molecule has 1 aliphatic rings. The Morgan fingerprint density at radius 2 is 1.59 bits per heavy atom. The Hall–Kier alpha value is -0.940. The summed E-state index contributed by atoms with van der Waals surface area (Å²) in [7, 11) is 0. The fourth-order valence-electron chi connectivity index (χ4n) is 3.02. The van der Waals surface area contributed by atoms with E-state index in [1.54, 1.807) is 0 Å². The van der Waals surface area contributed by atoms with Crippen molar-refractivity contribution in [3.05, 3.63) is 0 Å². The van der Waals surface area contributed by atoms with Gasteiger partial charge in [-0.1, -0.05) is 47.0 Å². The molecule has 0 spiro atoms. The summed E-state index contributed by atoms with van der Waals surface area (Å²) in [6.07, 6.45) is 9.86. The number of nitrogens with one attached hydrogen (secondary N) is 1. The molecule has 1 rings (SSSR count). The Kier molecular flexibility index (Phi) is 17.8. The van der Waals surface area contributed by atoms with Crippen molar-refractivity contribution in [3.8, 4) is 0 Å². The Bertz CT molecular complexity index is 358. The third kappa shape index (κ3) is 16.9. The highest BCUT2D eigenvalue weighted by atomic mass is 16.5. The van der Waals surface area contributed by atoms with Crippen LogP contribution in [0, 0.1) is 17.8 Å². The molecule has 0 heterocycles. The van der Waals surface area contributed by atoms with E-state index in [1.807, 2.05) is 13.8 Å². The second-order valence-corrected chi connectivity index (χ2v) is 8.11. The largest absolute Gasteiger partial charge is 0.381 e. The lowest BCUT2D eigenvalue weighted by Crippen LogP contribution is -2.21. The molecule has 162 valence electrons. The van der Waals surface area contributed by atoms with Crippen LogP contribution < -0.4 is 5.32 Å². The van der Waals surface area contributed by atoms with Gasteiger partial charge in [-0.2, -0.15) is 0 Å². The van der Waals surface area contributed by atoms with Gasteiger partial charge in [-0.25, -0.2) is 0 Å². The van der Waals surface area contributed by atoms with Gasteiger partial charge < -0.3 is 14.8 Å². The van der Waals surface area contributed by atoms with Crippen LogP contribution >= 0.6 is 0 Å². The normalized spacial score (nSPS) is 14.7. The van der Waals surface area contributed by atoms with E-state index in [0.29, 0.717) is 37.2 Å². The first-order valence-electron chi connectivity index (χ1n) is 10.8. The number of Topliss-reactive ketones (excluding diaryl/α,β-unsaturated/α-hetero) is 1. The zero-order chi connectivity index (χ0) is 20.3. The number of carbonyl (C=O) groups is 2. The quantitative estimate of drug-likeness (QED) is 0.349. The van der Waals surface area contributed by atoms with Crippen LogP contribution in [0.25, 0.3) is 0 Å². The molecule has 0 saturated heterocycles. The van der Waals surface area contributed by atoms with E-state index in [-0.39, 0.29) is 7.34 Å². The van der Waals surface area contributed by atoms with Gasteiger partial charge in [0.05, 0.1) is 0 Å². The lowest BCUT2D eigenvalue weighted by molar-refractivity contribution is -0.126. The lowest BCUT2D eigenvalue weighted by atomic mass is 9.83. The molecule has 0 aliphatic heterocycles. The molecule has 5 heteroatoms. The maximum absolute atomic E-state index is 11.5. The molecule has 0 aromatic carbocycles. The predicted molar refractivity (Wildman–Crippen MR) is 113 cm³/mol. The van der Waals surface area contributed by atoms with Crippen LogP contribution in [0.1, 0.15) is 80.5 Å². The highest BCUT2D eigenvalue weighted by molar-refractivity contribution is 5.82. The lowest BCUT2D eigenvalue weighted by Gasteiger charge is -2.21. The minimum atomic E-state index is 0. The maximum atomic E-state index is 11.5. The number of hydrogen-bond acceptors (Lipinski definition) is 4. The van der Waals surface area contributed by atoms with Crippen molar-refractivity contribution in [2.24, 2.45) is 17.8 Å². The Morgan fingerprint density at radius 3 is 2.15 bits per heavy atom. The molecular weight excluding hydrogens is 342 g/mol. The van der Waals surface area contributed by atoms with E-state index in [4.69, 9.17) is 9.47 Å². The Balaban J connectivity index is 0. The van der Waals surface area contributed by atoms with Gasteiger partial charge >= 0.3 is 0 Å². The molecule has 5 nitrogen and oxygen atoms in total. The smallest absolute Gasteiger partial charge is 0.207 e. The Morgan fingerprint density at radius 1 is 1.00 bits per heavy atom. The van der Waals surface area contributed by atoms with Crippen molar-refractivity contribution in [2.45, 2.75) is 79.1 Å². The van der Waals surface area contributed by atoms with Crippen LogP contribution in [0.15, 0.2) is 0 Å². The van der Waals surface area contributed by atoms with Crippen LogP contribution in [0.5, 0.6) is 0 Å². The average Bonchev–Trinajstić information content (AvgIpc) is 2.66. The van der Waals surface area contributed by atoms with E-state index in [0.717, 1.165) is 51.9 Å². The van der Waals surface area contributed by atoms with Crippen molar-refractivity contribution < 1.29 is 20.5 Å². The van der Waals surface area contributed by atoms with Crippen LogP contribution in [-0.4, -0.2) is 45.2 Å². The number of rotatable bonds is 14. The van der Waals surface area contributed by atoms with Crippen molar-refractivity contribution in [1.82, 2.24) is 5.32 Å². The first kappa shape index (κ1) is 26.1. The molecule has 0 bridgehead atoms. The molecule has 0 aromatic heterocycles. The molecule has 0 aromatic rings.